The van der Waals surface area contributed by atoms with E-state index in [0.717, 1.165) is 22.9 Å². The fourth-order valence-corrected chi connectivity index (χ4v) is 7.06. The molecule has 4 heterocycles. The molecule has 0 saturated heterocycles. The van der Waals surface area contributed by atoms with Crippen molar-refractivity contribution in [3.05, 3.63) is 84.2 Å². The number of hydrogen-bond acceptors (Lipinski definition) is 6. The molecule has 4 atom stereocenters. The normalized spacial score (nSPS) is 19.4. The minimum atomic E-state index is -0.115. The van der Waals surface area contributed by atoms with Crippen molar-refractivity contribution in [1.82, 2.24) is 9.97 Å². The van der Waals surface area contributed by atoms with Gasteiger partial charge in [0.15, 0.2) is 11.7 Å². The predicted octanol–water partition coefficient (Wildman–Crippen LogP) is 4.95. The van der Waals surface area contributed by atoms with Crippen LogP contribution in [0.2, 0.25) is 0 Å². The largest absolute Gasteiger partial charge is 0.481 e. The number of rotatable bonds is 5. The maximum absolute atomic E-state index is 6.33. The third-order valence-electron chi connectivity index (χ3n) is 5.83. The molecule has 0 radical (unpaired) electrons. The van der Waals surface area contributed by atoms with Gasteiger partial charge in [-0.3, -0.25) is 0 Å². The highest BCUT2D eigenvalue weighted by atomic mass is 31.1. The number of nitrogens with zero attached hydrogens (tertiary/aromatic N) is 2. The lowest BCUT2D eigenvalue weighted by Crippen LogP contribution is -2.05. The molecule has 4 aromatic rings. The number of ether oxygens (including phenoxy) is 4. The lowest BCUT2D eigenvalue weighted by Gasteiger charge is -2.11. The molecule has 0 aliphatic carbocycles. The highest BCUT2D eigenvalue weighted by Crippen LogP contribution is 2.50. The Balaban J connectivity index is 1.33. The molecule has 2 aliphatic rings. The number of methoxy groups -OCH3 is 2. The van der Waals surface area contributed by atoms with Crippen molar-refractivity contribution in [2.24, 2.45) is 0 Å². The second-order valence-corrected chi connectivity index (χ2v) is 10.5. The van der Waals surface area contributed by atoms with E-state index in [1.165, 1.54) is 21.7 Å². The van der Waals surface area contributed by atoms with Gasteiger partial charge in [-0.15, -0.1) is 0 Å². The van der Waals surface area contributed by atoms with Crippen LogP contribution in [0, 0.1) is 0 Å². The van der Waals surface area contributed by atoms with Crippen LogP contribution in [0.15, 0.2) is 72.8 Å². The molecule has 170 valence electrons. The molecule has 0 N–H and O–H groups in total. The first-order valence-electron chi connectivity index (χ1n) is 10.9. The maximum Gasteiger partial charge on any atom is 0.213 e. The maximum atomic E-state index is 6.33. The monoisotopic (exact) mass is 488 g/mol. The first kappa shape index (κ1) is 21.3. The average Bonchev–Trinajstić information content (AvgIpc) is 3.53. The molecule has 0 spiro atoms. The van der Waals surface area contributed by atoms with Crippen LogP contribution in [0.4, 0.5) is 0 Å². The Bertz CT molecular complexity index is 1280. The quantitative estimate of drug-likeness (QED) is 0.371. The zero-order valence-corrected chi connectivity index (χ0v) is 20.6. The van der Waals surface area contributed by atoms with E-state index >= 15 is 0 Å². The summed E-state index contributed by atoms with van der Waals surface area (Å²) in [5, 5.41) is 2.44. The van der Waals surface area contributed by atoms with Crippen LogP contribution in [-0.2, 0) is 0 Å². The molecule has 0 saturated carbocycles. The third-order valence-corrected chi connectivity index (χ3v) is 8.79. The van der Waals surface area contributed by atoms with Crippen LogP contribution >= 0.6 is 17.2 Å². The second kappa shape index (κ2) is 8.87. The molecule has 0 amide bonds. The minimum Gasteiger partial charge on any atom is -0.481 e. The van der Waals surface area contributed by atoms with Gasteiger partial charge in [-0.05, 0) is 52.6 Å². The highest BCUT2D eigenvalue weighted by molar-refractivity contribution is 7.49. The topological polar surface area (TPSA) is 62.7 Å². The predicted molar refractivity (Wildman–Crippen MR) is 136 cm³/mol. The van der Waals surface area contributed by atoms with Gasteiger partial charge >= 0.3 is 0 Å². The van der Waals surface area contributed by atoms with Gasteiger partial charge in [0.25, 0.3) is 0 Å². The van der Waals surface area contributed by atoms with E-state index < -0.39 is 0 Å². The zero-order valence-electron chi connectivity index (χ0n) is 18.6. The summed E-state index contributed by atoms with van der Waals surface area (Å²) in [5.41, 5.74) is 4.14. The van der Waals surface area contributed by atoms with E-state index in [9.17, 15) is 0 Å². The standard InChI is InChI=1S/C26H22N2O4P2/c1-29-21-13-5-9-17(27-21)25-31-19-11-3-7-15(23(19)33-25)16-8-4-12-20-24(16)34-26(32-20)18-10-6-14-22(28-18)30-2/h3-14,25-26,33-34H,1-2H3/t25-,26-/m1/s1. The van der Waals surface area contributed by atoms with E-state index in [-0.39, 0.29) is 11.7 Å². The Morgan fingerprint density at radius 3 is 1.50 bits per heavy atom. The number of aromatic nitrogens is 2. The molecule has 0 fully saturated rings. The molecular formula is C26H22N2O4P2. The molecule has 2 aromatic heterocycles. The number of fused-ring (bicyclic) bond motifs is 2. The number of pyridine rings is 2. The number of benzene rings is 2. The summed E-state index contributed by atoms with van der Waals surface area (Å²) < 4.78 is 23.3. The Kier molecular flexibility index (Phi) is 5.57. The molecule has 2 unspecified atom stereocenters. The van der Waals surface area contributed by atoms with Crippen molar-refractivity contribution >= 4 is 27.8 Å². The van der Waals surface area contributed by atoms with Gasteiger partial charge in [-0.1, -0.05) is 36.4 Å². The van der Waals surface area contributed by atoms with Crippen LogP contribution in [0.5, 0.6) is 23.3 Å². The molecule has 6 nitrogen and oxygen atoms in total. The van der Waals surface area contributed by atoms with E-state index in [1.54, 1.807) is 14.2 Å². The van der Waals surface area contributed by atoms with Gasteiger partial charge in [0, 0.05) is 22.7 Å². The average molecular weight is 488 g/mol. The summed E-state index contributed by atoms with van der Waals surface area (Å²) >= 11 is 0. The molecular weight excluding hydrogens is 466 g/mol. The van der Waals surface area contributed by atoms with Crippen molar-refractivity contribution in [3.63, 3.8) is 0 Å². The van der Waals surface area contributed by atoms with Crippen LogP contribution < -0.4 is 29.6 Å². The summed E-state index contributed by atoms with van der Waals surface area (Å²) in [5.74, 6) is 2.79. The Morgan fingerprint density at radius 1 is 0.618 bits per heavy atom. The fraction of sp³-hybridized carbons (Fsp3) is 0.154. The Morgan fingerprint density at radius 2 is 1.06 bits per heavy atom. The SMILES string of the molecule is COc1cccc([C@@H]2Oc3cccc(-c4cccc5c4P[C@H](c4cccc(OC)n4)O5)c3P2)n1. The highest BCUT2D eigenvalue weighted by Gasteiger charge is 2.32. The van der Waals surface area contributed by atoms with Crippen LogP contribution in [0.25, 0.3) is 11.1 Å². The smallest absolute Gasteiger partial charge is 0.213 e. The molecule has 2 aliphatic heterocycles. The van der Waals surface area contributed by atoms with Crippen molar-refractivity contribution in [3.8, 4) is 34.4 Å². The van der Waals surface area contributed by atoms with Crippen molar-refractivity contribution in [2.45, 2.75) is 11.7 Å². The summed E-state index contributed by atoms with van der Waals surface area (Å²) in [6.45, 7) is 0. The van der Waals surface area contributed by atoms with Crippen LogP contribution in [0.1, 0.15) is 23.1 Å². The van der Waals surface area contributed by atoms with E-state index in [2.05, 4.69) is 34.2 Å². The van der Waals surface area contributed by atoms with E-state index in [1.807, 2.05) is 48.5 Å². The van der Waals surface area contributed by atoms with Crippen molar-refractivity contribution in [2.75, 3.05) is 14.2 Å². The van der Waals surface area contributed by atoms with E-state index in [0.29, 0.717) is 28.9 Å². The van der Waals surface area contributed by atoms with Gasteiger partial charge in [0.05, 0.1) is 25.6 Å². The lowest BCUT2D eigenvalue weighted by atomic mass is 10.0. The van der Waals surface area contributed by atoms with Gasteiger partial charge < -0.3 is 18.9 Å². The number of hydrogen-bond donors (Lipinski definition) is 0. The Labute approximate surface area is 201 Å². The van der Waals surface area contributed by atoms with Gasteiger partial charge in [-0.2, -0.15) is 0 Å². The first-order valence-corrected chi connectivity index (χ1v) is 13.0. The minimum absolute atomic E-state index is 0.115. The van der Waals surface area contributed by atoms with Crippen molar-refractivity contribution < 1.29 is 18.9 Å². The summed E-state index contributed by atoms with van der Waals surface area (Å²) in [4.78, 5) is 9.20. The second-order valence-electron chi connectivity index (χ2n) is 7.85. The summed E-state index contributed by atoms with van der Waals surface area (Å²) in [7, 11) is 4.14. The zero-order chi connectivity index (χ0) is 23.1. The van der Waals surface area contributed by atoms with Crippen LogP contribution in [0.3, 0.4) is 0 Å². The van der Waals surface area contributed by atoms with Gasteiger partial charge in [0.1, 0.15) is 11.5 Å². The van der Waals surface area contributed by atoms with E-state index in [4.69, 9.17) is 18.9 Å². The third kappa shape index (κ3) is 3.77. The molecule has 2 aromatic carbocycles. The lowest BCUT2D eigenvalue weighted by molar-refractivity contribution is 0.296. The van der Waals surface area contributed by atoms with Gasteiger partial charge in [0.2, 0.25) is 11.8 Å². The van der Waals surface area contributed by atoms with Crippen molar-refractivity contribution in [1.29, 1.82) is 0 Å². The first-order chi connectivity index (χ1) is 16.7. The summed E-state index contributed by atoms with van der Waals surface area (Å²) in [6.07, 6.45) is 0. The molecule has 34 heavy (non-hydrogen) atoms. The Hall–Kier alpha value is -3.20. The van der Waals surface area contributed by atoms with Gasteiger partial charge in [-0.25, -0.2) is 9.97 Å². The molecule has 8 heteroatoms. The fourth-order valence-electron chi connectivity index (χ4n) is 4.23. The van der Waals surface area contributed by atoms with Crippen LogP contribution in [-0.4, -0.2) is 24.2 Å². The molecule has 0 bridgehead atoms. The molecule has 6 rings (SSSR count). The summed E-state index contributed by atoms with van der Waals surface area (Å²) in [6, 6.07) is 24.1.